The molecule has 2 unspecified atom stereocenters. The fraction of sp³-hybridized carbons (Fsp3) is 0.833. The molecule has 1 aliphatic carbocycles. The van der Waals surface area contributed by atoms with Gasteiger partial charge in [-0.25, -0.2) is 0 Å². The summed E-state index contributed by atoms with van der Waals surface area (Å²) in [6, 6.07) is 0. The van der Waals surface area contributed by atoms with E-state index in [0.717, 1.165) is 19.4 Å². The van der Waals surface area contributed by atoms with Gasteiger partial charge in [0.25, 0.3) is 0 Å². The first-order valence-electron chi connectivity index (χ1n) is 6.00. The van der Waals surface area contributed by atoms with E-state index < -0.39 is 0 Å². The Bertz CT molecular complexity index is 299. The van der Waals surface area contributed by atoms with E-state index in [2.05, 4.69) is 26.1 Å². The van der Waals surface area contributed by atoms with Crippen molar-refractivity contribution >= 4 is 11.8 Å². The lowest BCUT2D eigenvalue weighted by Crippen LogP contribution is -2.39. The highest BCUT2D eigenvalue weighted by atomic mass is 16.2. The number of hydrogen-bond acceptors (Lipinski definition) is 3. The van der Waals surface area contributed by atoms with Crippen molar-refractivity contribution in [2.45, 2.75) is 39.2 Å². The van der Waals surface area contributed by atoms with Gasteiger partial charge in [-0.2, -0.15) is 0 Å². The molecule has 2 rings (SSSR count). The van der Waals surface area contributed by atoms with E-state index in [4.69, 9.17) is 0 Å². The van der Waals surface area contributed by atoms with Gasteiger partial charge in [0.1, 0.15) is 0 Å². The van der Waals surface area contributed by atoms with Gasteiger partial charge in [0.15, 0.2) is 0 Å². The van der Waals surface area contributed by atoms with Gasteiger partial charge in [-0.3, -0.25) is 14.5 Å². The number of rotatable bonds is 4. The molecule has 0 aromatic heterocycles. The van der Waals surface area contributed by atoms with Crippen LogP contribution in [0.1, 0.15) is 33.6 Å². The molecule has 2 amide bonds. The van der Waals surface area contributed by atoms with Gasteiger partial charge >= 0.3 is 0 Å². The zero-order valence-corrected chi connectivity index (χ0v) is 10.2. The summed E-state index contributed by atoms with van der Waals surface area (Å²) in [7, 11) is 0. The third-order valence-corrected chi connectivity index (χ3v) is 3.17. The monoisotopic (exact) mass is 224 g/mol. The Morgan fingerprint density at radius 2 is 1.81 bits per heavy atom. The molecule has 2 fully saturated rings. The van der Waals surface area contributed by atoms with Crippen LogP contribution in [-0.2, 0) is 9.59 Å². The summed E-state index contributed by atoms with van der Waals surface area (Å²) in [4.78, 5) is 24.7. The minimum absolute atomic E-state index is 0.0445. The standard InChI is InChI=1S/C12H20N2O2/c1-12(2,3)13-5-4-6-14-10(15)8-7-9(8)11(14)16/h8-9,13H,4-7H2,1-3H3. The first-order chi connectivity index (χ1) is 7.40. The van der Waals surface area contributed by atoms with Crippen LogP contribution in [-0.4, -0.2) is 35.3 Å². The van der Waals surface area contributed by atoms with Crippen molar-refractivity contribution in [2.75, 3.05) is 13.1 Å². The topological polar surface area (TPSA) is 49.4 Å². The lowest BCUT2D eigenvalue weighted by molar-refractivity contribution is -0.141. The van der Waals surface area contributed by atoms with Gasteiger partial charge in [-0.05, 0) is 40.2 Å². The van der Waals surface area contributed by atoms with E-state index in [1.54, 1.807) is 0 Å². The van der Waals surface area contributed by atoms with Gasteiger partial charge < -0.3 is 5.32 Å². The van der Waals surface area contributed by atoms with Crippen LogP contribution in [0.5, 0.6) is 0 Å². The summed E-state index contributed by atoms with van der Waals surface area (Å²) >= 11 is 0. The van der Waals surface area contributed by atoms with E-state index in [0.29, 0.717) is 6.54 Å². The molecule has 2 aliphatic rings. The number of carbonyl (C=O) groups is 2. The summed E-state index contributed by atoms with van der Waals surface area (Å²) in [5, 5.41) is 3.35. The van der Waals surface area contributed by atoms with Crippen molar-refractivity contribution in [1.82, 2.24) is 10.2 Å². The summed E-state index contributed by atoms with van der Waals surface area (Å²) in [5.74, 6) is 0.211. The number of imide groups is 1. The Hall–Kier alpha value is -0.900. The van der Waals surface area contributed by atoms with Crippen molar-refractivity contribution in [1.29, 1.82) is 0 Å². The molecule has 4 heteroatoms. The lowest BCUT2D eigenvalue weighted by atomic mass is 10.1. The molecular formula is C12H20N2O2. The number of amides is 2. The first kappa shape index (κ1) is 11.6. The first-order valence-corrected chi connectivity index (χ1v) is 6.00. The number of carbonyl (C=O) groups excluding carboxylic acids is 2. The minimum atomic E-state index is 0.0445. The SMILES string of the molecule is CC(C)(C)NCCCN1C(=O)C2CC2C1=O. The molecule has 16 heavy (non-hydrogen) atoms. The van der Waals surface area contributed by atoms with Crippen molar-refractivity contribution < 1.29 is 9.59 Å². The van der Waals surface area contributed by atoms with Crippen LogP contribution in [0.3, 0.4) is 0 Å². The van der Waals surface area contributed by atoms with Gasteiger partial charge in [-0.1, -0.05) is 0 Å². The van der Waals surface area contributed by atoms with E-state index in [1.165, 1.54) is 4.90 Å². The van der Waals surface area contributed by atoms with E-state index in [-0.39, 0.29) is 29.2 Å². The van der Waals surface area contributed by atoms with Crippen molar-refractivity contribution in [3.8, 4) is 0 Å². The Kier molecular flexibility index (Phi) is 2.78. The van der Waals surface area contributed by atoms with Crippen molar-refractivity contribution in [2.24, 2.45) is 11.8 Å². The van der Waals surface area contributed by atoms with Crippen LogP contribution in [0.2, 0.25) is 0 Å². The maximum Gasteiger partial charge on any atom is 0.233 e. The number of nitrogens with zero attached hydrogens (tertiary/aromatic N) is 1. The number of nitrogens with one attached hydrogen (secondary N) is 1. The van der Waals surface area contributed by atoms with E-state index in [1.807, 2.05) is 0 Å². The Morgan fingerprint density at radius 1 is 1.25 bits per heavy atom. The number of piperidine rings is 1. The molecule has 1 saturated heterocycles. The van der Waals surface area contributed by atoms with E-state index >= 15 is 0 Å². The summed E-state index contributed by atoms with van der Waals surface area (Å²) in [6.45, 7) is 7.74. The second-order valence-electron chi connectivity index (χ2n) is 5.81. The Morgan fingerprint density at radius 3 is 2.31 bits per heavy atom. The molecule has 90 valence electrons. The fourth-order valence-electron chi connectivity index (χ4n) is 2.17. The quantitative estimate of drug-likeness (QED) is 0.567. The summed E-state index contributed by atoms with van der Waals surface area (Å²) < 4.78 is 0. The van der Waals surface area contributed by atoms with Crippen LogP contribution < -0.4 is 5.32 Å². The normalized spacial score (nSPS) is 28.6. The molecule has 0 aromatic carbocycles. The molecule has 0 aromatic rings. The van der Waals surface area contributed by atoms with Crippen LogP contribution in [0.4, 0.5) is 0 Å². The summed E-state index contributed by atoms with van der Waals surface area (Å²) in [6.07, 6.45) is 1.64. The van der Waals surface area contributed by atoms with Crippen molar-refractivity contribution in [3.63, 3.8) is 0 Å². The number of hydrogen-bond donors (Lipinski definition) is 1. The molecule has 4 nitrogen and oxygen atoms in total. The van der Waals surface area contributed by atoms with E-state index in [9.17, 15) is 9.59 Å². The van der Waals surface area contributed by atoms with Gasteiger partial charge in [-0.15, -0.1) is 0 Å². The smallest absolute Gasteiger partial charge is 0.233 e. The molecule has 1 saturated carbocycles. The molecule has 1 N–H and O–H groups in total. The molecular weight excluding hydrogens is 204 g/mol. The number of likely N-dealkylation sites (tertiary alicyclic amines) is 1. The Balaban J connectivity index is 1.71. The number of fused-ring (bicyclic) bond motifs is 1. The third-order valence-electron chi connectivity index (χ3n) is 3.17. The highest BCUT2D eigenvalue weighted by molar-refractivity contribution is 6.08. The van der Waals surface area contributed by atoms with Gasteiger partial charge in [0, 0.05) is 12.1 Å². The Labute approximate surface area is 96.4 Å². The second-order valence-corrected chi connectivity index (χ2v) is 5.81. The minimum Gasteiger partial charge on any atom is -0.312 e. The third kappa shape index (κ3) is 2.26. The van der Waals surface area contributed by atoms with Crippen molar-refractivity contribution in [3.05, 3.63) is 0 Å². The van der Waals surface area contributed by atoms with Crippen LogP contribution in [0, 0.1) is 11.8 Å². The average Bonchev–Trinajstić information content (AvgIpc) is 2.89. The largest absolute Gasteiger partial charge is 0.312 e. The lowest BCUT2D eigenvalue weighted by Gasteiger charge is -2.22. The molecule has 0 spiro atoms. The average molecular weight is 224 g/mol. The maximum atomic E-state index is 11.6. The summed E-state index contributed by atoms with van der Waals surface area (Å²) in [5.41, 5.74) is 0.0984. The van der Waals surface area contributed by atoms with Crippen LogP contribution >= 0.6 is 0 Å². The highest BCUT2D eigenvalue weighted by Crippen LogP contribution is 2.46. The van der Waals surface area contributed by atoms with Crippen LogP contribution in [0.15, 0.2) is 0 Å². The molecule has 1 heterocycles. The molecule has 0 radical (unpaired) electrons. The van der Waals surface area contributed by atoms with Crippen LogP contribution in [0.25, 0.3) is 0 Å². The zero-order chi connectivity index (χ0) is 11.9. The van der Waals surface area contributed by atoms with Gasteiger partial charge in [0.05, 0.1) is 11.8 Å². The molecule has 2 atom stereocenters. The molecule has 0 bridgehead atoms. The molecule has 1 aliphatic heterocycles. The maximum absolute atomic E-state index is 11.6. The second kappa shape index (κ2) is 3.84. The van der Waals surface area contributed by atoms with Gasteiger partial charge in [0.2, 0.25) is 11.8 Å². The predicted octanol–water partition coefficient (Wildman–Crippen LogP) is 0.769. The predicted molar refractivity (Wildman–Crippen MR) is 60.7 cm³/mol. The highest BCUT2D eigenvalue weighted by Gasteiger charge is 2.58. The zero-order valence-electron chi connectivity index (χ0n) is 10.2. The fourth-order valence-corrected chi connectivity index (χ4v) is 2.17.